The van der Waals surface area contributed by atoms with E-state index in [2.05, 4.69) is 43.9 Å². The van der Waals surface area contributed by atoms with Crippen molar-refractivity contribution in [3.8, 4) is 0 Å². The first-order valence-corrected chi connectivity index (χ1v) is 8.59. The Bertz CT molecular complexity index is 756. The molecule has 1 aromatic carbocycles. The van der Waals surface area contributed by atoms with Crippen LogP contribution in [0, 0.1) is 0 Å². The molecular formula is C17H20ClN4O+. The van der Waals surface area contributed by atoms with E-state index < -0.39 is 0 Å². The standard InChI is InChI=1S/C17H20ClN4O/c18-17-19-15-12-13(21-8-10-23-11-9-21)4-5-14(15)16(20-17)22-6-2-1-3-7-22/h4-5,8,12H,1-3,6-7,9-11H2/q+1. The molecule has 0 unspecified atom stereocenters. The van der Waals surface area contributed by atoms with Gasteiger partial charge < -0.3 is 9.64 Å². The minimum atomic E-state index is 0.321. The van der Waals surface area contributed by atoms with E-state index in [1.165, 1.54) is 19.3 Å². The summed E-state index contributed by atoms with van der Waals surface area (Å²) in [5.41, 5.74) is 2.03. The van der Waals surface area contributed by atoms with Crippen molar-refractivity contribution in [2.45, 2.75) is 19.3 Å². The van der Waals surface area contributed by atoms with Crippen molar-refractivity contribution >= 4 is 40.2 Å². The zero-order valence-corrected chi connectivity index (χ0v) is 13.8. The summed E-state index contributed by atoms with van der Waals surface area (Å²) in [6, 6.07) is 6.35. The Morgan fingerprint density at radius 1 is 1.13 bits per heavy atom. The van der Waals surface area contributed by atoms with E-state index >= 15 is 0 Å². The lowest BCUT2D eigenvalue weighted by Gasteiger charge is -2.28. The molecule has 0 atom stereocenters. The number of nitrogens with zero attached hydrogens (tertiary/aromatic N) is 4. The van der Waals surface area contributed by atoms with Crippen LogP contribution in [-0.2, 0) is 4.74 Å². The molecule has 0 saturated carbocycles. The number of rotatable bonds is 2. The minimum Gasteiger partial charge on any atom is -0.365 e. The Morgan fingerprint density at radius 3 is 2.78 bits per heavy atom. The fourth-order valence-corrected chi connectivity index (χ4v) is 3.48. The first-order chi connectivity index (χ1) is 11.3. The maximum atomic E-state index is 6.19. The van der Waals surface area contributed by atoms with Gasteiger partial charge >= 0.3 is 0 Å². The SMILES string of the molecule is Clc1nc(N2CCCCC2)c2ccc([N+]3=CCOCC3)cc2n1. The van der Waals surface area contributed by atoms with Crippen LogP contribution in [0.5, 0.6) is 0 Å². The van der Waals surface area contributed by atoms with Crippen LogP contribution in [0.3, 0.4) is 0 Å². The Labute approximate surface area is 140 Å². The maximum Gasteiger partial charge on any atom is 0.224 e. The summed E-state index contributed by atoms with van der Waals surface area (Å²) in [4.78, 5) is 11.3. The summed E-state index contributed by atoms with van der Waals surface area (Å²) in [5, 5.41) is 1.40. The first-order valence-electron chi connectivity index (χ1n) is 8.21. The molecule has 5 nitrogen and oxygen atoms in total. The molecule has 0 bridgehead atoms. The number of anilines is 1. The van der Waals surface area contributed by atoms with E-state index in [1.54, 1.807) is 0 Å². The predicted molar refractivity (Wildman–Crippen MR) is 92.3 cm³/mol. The van der Waals surface area contributed by atoms with Crippen LogP contribution in [-0.4, -0.2) is 53.6 Å². The van der Waals surface area contributed by atoms with Gasteiger partial charge in [0.1, 0.15) is 19.0 Å². The van der Waals surface area contributed by atoms with Crippen LogP contribution in [0.1, 0.15) is 19.3 Å². The molecule has 23 heavy (non-hydrogen) atoms. The Balaban J connectivity index is 1.78. The molecule has 6 heteroatoms. The molecule has 0 amide bonds. The Kier molecular flexibility index (Phi) is 4.14. The van der Waals surface area contributed by atoms with Crippen molar-refractivity contribution in [2.24, 2.45) is 0 Å². The van der Waals surface area contributed by atoms with Gasteiger partial charge in [-0.3, -0.25) is 0 Å². The summed E-state index contributed by atoms with van der Waals surface area (Å²) in [6.45, 7) is 4.35. The van der Waals surface area contributed by atoms with Crippen LogP contribution in [0.25, 0.3) is 10.9 Å². The average Bonchev–Trinajstić information content (AvgIpc) is 2.62. The van der Waals surface area contributed by atoms with Crippen molar-refractivity contribution in [3.05, 3.63) is 23.5 Å². The monoisotopic (exact) mass is 331 g/mol. The van der Waals surface area contributed by atoms with Gasteiger partial charge in [-0.15, -0.1) is 0 Å². The van der Waals surface area contributed by atoms with Gasteiger partial charge in [-0.05, 0) is 36.9 Å². The third-order valence-electron chi connectivity index (χ3n) is 4.51. The molecule has 1 fully saturated rings. The van der Waals surface area contributed by atoms with Crippen LogP contribution < -0.4 is 4.90 Å². The largest absolute Gasteiger partial charge is 0.365 e. The normalized spacial score (nSPS) is 19.0. The highest BCUT2D eigenvalue weighted by Gasteiger charge is 2.19. The zero-order valence-electron chi connectivity index (χ0n) is 13.0. The average molecular weight is 332 g/mol. The van der Waals surface area contributed by atoms with E-state index in [4.69, 9.17) is 16.3 Å². The molecule has 120 valence electrons. The van der Waals surface area contributed by atoms with Gasteiger partial charge in [0.25, 0.3) is 0 Å². The number of piperidine rings is 1. The van der Waals surface area contributed by atoms with Crippen LogP contribution in [0.15, 0.2) is 18.2 Å². The van der Waals surface area contributed by atoms with Gasteiger partial charge in [0.05, 0.1) is 5.52 Å². The number of hydrogen-bond acceptors (Lipinski definition) is 4. The third-order valence-corrected chi connectivity index (χ3v) is 4.68. The second-order valence-corrected chi connectivity index (χ2v) is 6.35. The summed E-state index contributed by atoms with van der Waals surface area (Å²) in [7, 11) is 0. The molecule has 2 aliphatic heterocycles. The van der Waals surface area contributed by atoms with Crippen molar-refractivity contribution in [1.82, 2.24) is 9.97 Å². The summed E-state index contributed by atoms with van der Waals surface area (Å²) in [5.74, 6) is 0.970. The molecule has 1 saturated heterocycles. The third kappa shape index (κ3) is 3.03. The lowest BCUT2D eigenvalue weighted by molar-refractivity contribution is -0.450. The topological polar surface area (TPSA) is 41.3 Å². The van der Waals surface area contributed by atoms with Gasteiger partial charge in [-0.1, -0.05) is 0 Å². The highest BCUT2D eigenvalue weighted by Crippen LogP contribution is 2.30. The molecule has 0 radical (unpaired) electrons. The molecule has 4 rings (SSSR count). The highest BCUT2D eigenvalue weighted by atomic mass is 35.5. The summed E-state index contributed by atoms with van der Waals surface area (Å²) < 4.78 is 7.58. The second kappa shape index (κ2) is 6.42. The van der Waals surface area contributed by atoms with Crippen molar-refractivity contribution in [2.75, 3.05) is 37.7 Å². The first kappa shape index (κ1) is 14.8. The Hall–Kier alpha value is -1.72. The molecule has 2 aromatic rings. The number of aromatic nitrogens is 2. The van der Waals surface area contributed by atoms with Gasteiger partial charge in [0.2, 0.25) is 11.0 Å². The Morgan fingerprint density at radius 2 is 2.00 bits per heavy atom. The van der Waals surface area contributed by atoms with Gasteiger partial charge in [-0.2, -0.15) is 9.56 Å². The van der Waals surface area contributed by atoms with E-state index in [9.17, 15) is 0 Å². The number of halogens is 1. The van der Waals surface area contributed by atoms with Crippen molar-refractivity contribution in [1.29, 1.82) is 0 Å². The molecule has 2 aliphatic rings. The predicted octanol–water partition coefficient (Wildman–Crippen LogP) is 3.02. The van der Waals surface area contributed by atoms with Crippen LogP contribution in [0.4, 0.5) is 11.5 Å². The fourth-order valence-electron chi connectivity index (χ4n) is 3.31. The van der Waals surface area contributed by atoms with Gasteiger partial charge in [0, 0.05) is 30.6 Å². The lowest BCUT2D eigenvalue weighted by atomic mass is 10.1. The summed E-state index contributed by atoms with van der Waals surface area (Å²) >= 11 is 6.19. The molecular weight excluding hydrogens is 312 g/mol. The number of benzene rings is 1. The molecule has 0 N–H and O–H groups in total. The summed E-state index contributed by atoms with van der Waals surface area (Å²) in [6.07, 6.45) is 5.79. The van der Waals surface area contributed by atoms with Crippen molar-refractivity contribution < 1.29 is 9.31 Å². The number of ether oxygens (including phenoxy) is 1. The second-order valence-electron chi connectivity index (χ2n) is 6.02. The number of fused-ring (bicyclic) bond motifs is 1. The van der Waals surface area contributed by atoms with Crippen LogP contribution >= 0.6 is 11.6 Å². The molecule has 3 heterocycles. The smallest absolute Gasteiger partial charge is 0.224 e. The van der Waals surface area contributed by atoms with E-state index in [0.29, 0.717) is 11.9 Å². The quantitative estimate of drug-likeness (QED) is 0.626. The van der Waals surface area contributed by atoms with Crippen LogP contribution in [0.2, 0.25) is 5.28 Å². The lowest BCUT2D eigenvalue weighted by Crippen LogP contribution is -2.30. The highest BCUT2D eigenvalue weighted by molar-refractivity contribution is 6.28. The molecule has 1 aromatic heterocycles. The van der Waals surface area contributed by atoms with Gasteiger partial charge in [0.15, 0.2) is 12.8 Å². The van der Waals surface area contributed by atoms with E-state index in [-0.39, 0.29) is 0 Å². The zero-order chi connectivity index (χ0) is 15.6. The number of hydrogen-bond donors (Lipinski definition) is 0. The molecule has 0 aliphatic carbocycles. The van der Waals surface area contributed by atoms with E-state index in [1.807, 2.05) is 0 Å². The minimum absolute atomic E-state index is 0.321. The van der Waals surface area contributed by atoms with Gasteiger partial charge in [-0.25, -0.2) is 4.98 Å². The van der Waals surface area contributed by atoms with Crippen molar-refractivity contribution in [3.63, 3.8) is 0 Å². The maximum absolute atomic E-state index is 6.19. The van der Waals surface area contributed by atoms with E-state index in [0.717, 1.165) is 48.6 Å². The fraction of sp³-hybridized carbons (Fsp3) is 0.471. The molecule has 0 spiro atoms.